The van der Waals surface area contributed by atoms with Crippen LogP contribution in [0.15, 0.2) is 47.5 Å². The largest absolute Gasteiger partial charge is 0.496 e. The molecule has 2 heterocycles. The molecule has 0 amide bonds. The number of aromatic nitrogens is 1. The van der Waals surface area contributed by atoms with E-state index in [9.17, 15) is 0 Å². The predicted octanol–water partition coefficient (Wildman–Crippen LogP) is 3.99. The Morgan fingerprint density at radius 3 is 2.58 bits per heavy atom. The SMILES string of the molecule is COc1cc(OC)c(Cl)c(-c2cc3c(c(NCCc4ccccc4)n2)=NC(SC)NC=3)c1C. The maximum atomic E-state index is 6.75. The number of fused-ring (bicyclic) bond motifs is 1. The van der Waals surface area contributed by atoms with E-state index in [1.54, 1.807) is 32.0 Å². The second-order valence-electron chi connectivity index (χ2n) is 7.58. The summed E-state index contributed by atoms with van der Waals surface area (Å²) in [5, 5.41) is 9.12. The molecule has 4 rings (SSSR count). The van der Waals surface area contributed by atoms with E-state index in [0.29, 0.717) is 16.5 Å². The Bertz CT molecular complexity index is 1240. The summed E-state index contributed by atoms with van der Waals surface area (Å²) < 4.78 is 11.1. The molecule has 2 N–H and O–H groups in total. The summed E-state index contributed by atoms with van der Waals surface area (Å²) >= 11 is 8.38. The minimum absolute atomic E-state index is 0.0536. The molecule has 1 atom stereocenters. The fourth-order valence-electron chi connectivity index (χ4n) is 3.83. The Morgan fingerprint density at radius 1 is 1.12 bits per heavy atom. The first-order valence-electron chi connectivity index (χ1n) is 10.6. The van der Waals surface area contributed by atoms with Gasteiger partial charge in [-0.25, -0.2) is 9.98 Å². The van der Waals surface area contributed by atoms with Crippen molar-refractivity contribution in [1.29, 1.82) is 0 Å². The lowest BCUT2D eigenvalue weighted by atomic mass is 10.0. The van der Waals surface area contributed by atoms with E-state index in [2.05, 4.69) is 34.9 Å². The zero-order valence-corrected chi connectivity index (χ0v) is 20.7. The summed E-state index contributed by atoms with van der Waals surface area (Å²) in [6.07, 6.45) is 4.88. The van der Waals surface area contributed by atoms with Crippen molar-refractivity contribution in [1.82, 2.24) is 10.3 Å². The third kappa shape index (κ3) is 4.89. The Balaban J connectivity index is 1.81. The number of nitrogens with one attached hydrogen (secondary N) is 2. The molecule has 1 aliphatic heterocycles. The molecule has 0 radical (unpaired) electrons. The van der Waals surface area contributed by atoms with Crippen molar-refractivity contribution in [3.05, 3.63) is 69.2 Å². The van der Waals surface area contributed by atoms with Crippen LogP contribution in [0.2, 0.25) is 5.02 Å². The summed E-state index contributed by atoms with van der Waals surface area (Å²) in [6, 6.07) is 14.2. The molecule has 0 spiro atoms. The normalized spacial score (nSPS) is 14.4. The number of halogens is 1. The maximum absolute atomic E-state index is 6.75. The lowest BCUT2D eigenvalue weighted by Crippen LogP contribution is -2.40. The number of hydrogen-bond donors (Lipinski definition) is 2. The van der Waals surface area contributed by atoms with Gasteiger partial charge in [-0.1, -0.05) is 41.9 Å². The minimum atomic E-state index is -0.0536. The van der Waals surface area contributed by atoms with E-state index in [1.807, 2.05) is 31.5 Å². The van der Waals surface area contributed by atoms with Crippen molar-refractivity contribution < 1.29 is 9.47 Å². The monoisotopic (exact) mass is 482 g/mol. The lowest BCUT2D eigenvalue weighted by molar-refractivity contribution is 0.393. The highest BCUT2D eigenvalue weighted by Crippen LogP contribution is 2.41. The number of rotatable bonds is 8. The summed E-state index contributed by atoms with van der Waals surface area (Å²) in [5.74, 6) is 1.97. The first-order chi connectivity index (χ1) is 16.0. The average Bonchev–Trinajstić information content (AvgIpc) is 2.84. The Labute approximate surface area is 203 Å². The van der Waals surface area contributed by atoms with Gasteiger partial charge in [0.15, 0.2) is 11.3 Å². The van der Waals surface area contributed by atoms with E-state index in [0.717, 1.165) is 46.2 Å². The first-order valence-corrected chi connectivity index (χ1v) is 12.3. The van der Waals surface area contributed by atoms with Crippen molar-refractivity contribution in [2.24, 2.45) is 4.99 Å². The van der Waals surface area contributed by atoms with Crippen LogP contribution in [0.5, 0.6) is 11.5 Å². The van der Waals surface area contributed by atoms with Crippen molar-refractivity contribution >= 4 is 35.4 Å². The Kier molecular flexibility index (Phi) is 7.30. The van der Waals surface area contributed by atoms with Gasteiger partial charge < -0.3 is 20.1 Å². The smallest absolute Gasteiger partial charge is 0.166 e. The van der Waals surface area contributed by atoms with Crippen LogP contribution < -0.4 is 30.7 Å². The van der Waals surface area contributed by atoms with Crippen LogP contribution in [0.4, 0.5) is 5.82 Å². The standard InChI is InChI=1S/C25H27ClN4O2S/c1-15-19(31-2)13-20(32-3)22(26)21(15)18-12-17-14-28-25(33-4)30-23(17)24(29-18)27-11-10-16-8-6-5-7-9-16/h5-9,12-14,25,28H,10-11H2,1-4H3,(H,27,29). The zero-order valence-electron chi connectivity index (χ0n) is 19.1. The molecule has 1 aliphatic rings. The van der Waals surface area contributed by atoms with Gasteiger partial charge >= 0.3 is 0 Å². The number of methoxy groups -OCH3 is 2. The number of hydrogen-bond acceptors (Lipinski definition) is 7. The molecule has 1 aromatic heterocycles. The van der Waals surface area contributed by atoms with Gasteiger partial charge in [0.1, 0.15) is 16.9 Å². The molecule has 8 heteroatoms. The number of nitrogens with zero attached hydrogens (tertiary/aromatic N) is 2. The molecule has 2 aromatic carbocycles. The molecule has 0 fully saturated rings. The molecule has 0 saturated carbocycles. The summed E-state index contributed by atoms with van der Waals surface area (Å²) in [6.45, 7) is 2.70. The topological polar surface area (TPSA) is 67.8 Å². The van der Waals surface area contributed by atoms with Crippen molar-refractivity contribution in [3.8, 4) is 22.8 Å². The van der Waals surface area contributed by atoms with Crippen molar-refractivity contribution in [3.63, 3.8) is 0 Å². The van der Waals surface area contributed by atoms with Gasteiger partial charge in [0, 0.05) is 35.2 Å². The van der Waals surface area contributed by atoms with E-state index < -0.39 is 0 Å². The van der Waals surface area contributed by atoms with Crippen molar-refractivity contribution in [2.75, 3.05) is 32.3 Å². The predicted molar refractivity (Wildman–Crippen MR) is 137 cm³/mol. The third-order valence-corrected chi connectivity index (χ3v) is 6.62. The molecule has 0 bridgehead atoms. The van der Waals surface area contributed by atoms with Gasteiger partial charge in [-0.05, 0) is 31.2 Å². The summed E-state index contributed by atoms with van der Waals surface area (Å²) in [7, 11) is 3.23. The Morgan fingerprint density at radius 2 is 1.88 bits per heavy atom. The van der Waals surface area contributed by atoms with E-state index in [-0.39, 0.29) is 5.50 Å². The van der Waals surface area contributed by atoms with E-state index in [4.69, 9.17) is 31.1 Å². The van der Waals surface area contributed by atoms with Gasteiger partial charge in [0.05, 0.1) is 24.9 Å². The number of anilines is 1. The van der Waals surface area contributed by atoms with Gasteiger partial charge in [0.2, 0.25) is 0 Å². The Hall–Kier alpha value is -2.90. The second kappa shape index (κ2) is 10.4. The van der Waals surface area contributed by atoms with Crippen LogP contribution in [0, 0.1) is 6.92 Å². The van der Waals surface area contributed by atoms with E-state index in [1.165, 1.54) is 5.56 Å². The third-order valence-electron chi connectivity index (χ3n) is 5.56. The molecule has 33 heavy (non-hydrogen) atoms. The molecule has 6 nitrogen and oxygen atoms in total. The van der Waals surface area contributed by atoms with Gasteiger partial charge in [-0.3, -0.25) is 0 Å². The zero-order chi connectivity index (χ0) is 23.4. The summed E-state index contributed by atoms with van der Waals surface area (Å²) in [5.41, 5.74) is 3.61. The highest BCUT2D eigenvalue weighted by molar-refractivity contribution is 7.99. The van der Waals surface area contributed by atoms with Gasteiger partial charge in [0.25, 0.3) is 0 Å². The molecular weight excluding hydrogens is 456 g/mol. The van der Waals surface area contributed by atoms with Crippen LogP contribution in [-0.4, -0.2) is 37.5 Å². The molecule has 0 saturated heterocycles. The fraction of sp³-hybridized carbons (Fsp3) is 0.280. The molecule has 172 valence electrons. The van der Waals surface area contributed by atoms with Crippen LogP contribution >= 0.6 is 23.4 Å². The lowest BCUT2D eigenvalue weighted by Gasteiger charge is -2.19. The second-order valence-corrected chi connectivity index (χ2v) is 8.88. The molecule has 3 aromatic rings. The highest BCUT2D eigenvalue weighted by Gasteiger charge is 2.20. The number of benzene rings is 2. The number of ether oxygens (including phenoxy) is 2. The first kappa shape index (κ1) is 23.3. The van der Waals surface area contributed by atoms with Crippen LogP contribution in [0.3, 0.4) is 0 Å². The number of pyridine rings is 1. The quantitative estimate of drug-likeness (QED) is 0.506. The van der Waals surface area contributed by atoms with Crippen molar-refractivity contribution in [2.45, 2.75) is 18.8 Å². The molecular formula is C25H27ClN4O2S. The van der Waals surface area contributed by atoms with Gasteiger partial charge in [-0.15, -0.1) is 11.8 Å². The minimum Gasteiger partial charge on any atom is -0.496 e. The maximum Gasteiger partial charge on any atom is 0.166 e. The van der Waals surface area contributed by atoms with Crippen LogP contribution in [-0.2, 0) is 6.42 Å². The number of thioether (sulfide) groups is 1. The van der Waals surface area contributed by atoms with Crippen LogP contribution in [0.1, 0.15) is 11.1 Å². The summed E-state index contributed by atoms with van der Waals surface area (Å²) in [4.78, 5) is 9.82. The average molecular weight is 483 g/mol. The highest BCUT2D eigenvalue weighted by atomic mass is 35.5. The van der Waals surface area contributed by atoms with E-state index >= 15 is 0 Å². The molecule has 1 unspecified atom stereocenters. The van der Waals surface area contributed by atoms with Gasteiger partial charge in [-0.2, -0.15) is 0 Å². The fourth-order valence-corrected chi connectivity index (χ4v) is 4.61. The molecule has 0 aliphatic carbocycles. The van der Waals surface area contributed by atoms with Crippen LogP contribution in [0.25, 0.3) is 17.5 Å².